The summed E-state index contributed by atoms with van der Waals surface area (Å²) in [6, 6.07) is 10.9. The molecule has 20 heavy (non-hydrogen) atoms. The molecule has 1 N–H and O–H groups in total. The van der Waals surface area contributed by atoms with Crippen LogP contribution >= 0.6 is 11.8 Å². The monoisotopic (exact) mass is 285 g/mol. The number of amidine groups is 1. The summed E-state index contributed by atoms with van der Waals surface area (Å²) in [7, 11) is 0. The number of pyridine rings is 1. The average Bonchev–Trinajstić information content (AvgIpc) is 2.94. The van der Waals surface area contributed by atoms with Gasteiger partial charge in [0.25, 0.3) is 0 Å². The van der Waals surface area contributed by atoms with Crippen LogP contribution in [-0.2, 0) is 6.54 Å². The molecule has 1 aromatic heterocycles. The van der Waals surface area contributed by atoms with Crippen molar-refractivity contribution < 1.29 is 0 Å². The number of hydrogen-bond acceptors (Lipinski definition) is 3. The zero-order valence-electron chi connectivity index (χ0n) is 11.8. The van der Waals surface area contributed by atoms with Crippen molar-refractivity contribution in [1.82, 2.24) is 10.3 Å². The Bertz CT molecular complexity index is 631. The lowest BCUT2D eigenvalue weighted by molar-refractivity contribution is 0.503. The molecule has 0 bridgehead atoms. The molecule has 1 atom stereocenters. The topological polar surface area (TPSA) is 37.3 Å². The molecule has 0 unspecified atom stereocenters. The maximum atomic E-state index is 4.70. The van der Waals surface area contributed by atoms with E-state index < -0.39 is 0 Å². The highest BCUT2D eigenvalue weighted by atomic mass is 32.2. The zero-order valence-corrected chi connectivity index (χ0v) is 12.7. The Kier molecular flexibility index (Phi) is 3.92. The molecule has 1 saturated heterocycles. The Balaban J connectivity index is 1.78. The number of nitrogens with zero attached hydrogens (tertiary/aromatic N) is 2. The van der Waals surface area contributed by atoms with Crippen LogP contribution in [0.4, 0.5) is 0 Å². The number of para-hydroxylation sites is 1. The second-order valence-corrected chi connectivity index (χ2v) is 6.43. The molecule has 2 heterocycles. The molecule has 104 valence electrons. The standard InChI is InChI=1S/C16H19N3S/c1-11(2)14-10-20-16(19-14)18-9-13-6-3-5-12-7-4-8-17-15(12)13/h3-8,11,14H,9-10H2,1-2H3,(H,18,19)/t14-/m1/s1. The molecule has 1 fully saturated rings. The summed E-state index contributed by atoms with van der Waals surface area (Å²) in [5.74, 6) is 1.76. The number of nitrogens with one attached hydrogen (secondary N) is 1. The van der Waals surface area contributed by atoms with Gasteiger partial charge in [-0.1, -0.05) is 49.9 Å². The first-order valence-electron chi connectivity index (χ1n) is 7.00. The van der Waals surface area contributed by atoms with Gasteiger partial charge in [-0.3, -0.25) is 9.98 Å². The summed E-state index contributed by atoms with van der Waals surface area (Å²) in [5.41, 5.74) is 2.24. The minimum Gasteiger partial charge on any atom is -0.361 e. The Morgan fingerprint density at radius 3 is 3.00 bits per heavy atom. The molecule has 0 radical (unpaired) electrons. The van der Waals surface area contributed by atoms with Crippen LogP contribution in [0.25, 0.3) is 10.9 Å². The third-order valence-corrected chi connectivity index (χ3v) is 4.67. The Labute approximate surface area is 123 Å². The second kappa shape index (κ2) is 5.83. The average molecular weight is 285 g/mol. The smallest absolute Gasteiger partial charge is 0.157 e. The van der Waals surface area contributed by atoms with Crippen LogP contribution in [0.2, 0.25) is 0 Å². The first kappa shape index (κ1) is 13.4. The largest absolute Gasteiger partial charge is 0.361 e. The van der Waals surface area contributed by atoms with Gasteiger partial charge in [0, 0.05) is 23.4 Å². The van der Waals surface area contributed by atoms with E-state index in [2.05, 4.69) is 48.4 Å². The van der Waals surface area contributed by atoms with E-state index in [-0.39, 0.29) is 0 Å². The Morgan fingerprint density at radius 1 is 1.35 bits per heavy atom. The molecule has 0 amide bonds. The molecule has 0 saturated carbocycles. The fourth-order valence-electron chi connectivity index (χ4n) is 2.31. The lowest BCUT2D eigenvalue weighted by Gasteiger charge is -2.13. The lowest BCUT2D eigenvalue weighted by atomic mass is 10.1. The molecular formula is C16H19N3S. The van der Waals surface area contributed by atoms with Gasteiger partial charge in [0.1, 0.15) is 0 Å². The Hall–Kier alpha value is -1.55. The van der Waals surface area contributed by atoms with Crippen molar-refractivity contribution in [2.75, 3.05) is 5.75 Å². The first-order chi connectivity index (χ1) is 9.74. The van der Waals surface area contributed by atoms with E-state index in [0.717, 1.165) is 16.4 Å². The summed E-state index contributed by atoms with van der Waals surface area (Å²) < 4.78 is 0. The van der Waals surface area contributed by atoms with Crippen LogP contribution in [0.3, 0.4) is 0 Å². The van der Waals surface area contributed by atoms with Crippen molar-refractivity contribution in [3.05, 3.63) is 42.1 Å². The van der Waals surface area contributed by atoms with Crippen molar-refractivity contribution in [2.24, 2.45) is 10.9 Å². The maximum absolute atomic E-state index is 4.70. The second-order valence-electron chi connectivity index (χ2n) is 5.42. The van der Waals surface area contributed by atoms with Gasteiger partial charge in [-0.15, -0.1) is 0 Å². The normalized spacial score (nSPS) is 20.8. The lowest BCUT2D eigenvalue weighted by Crippen LogP contribution is -2.31. The highest BCUT2D eigenvalue weighted by molar-refractivity contribution is 8.14. The van der Waals surface area contributed by atoms with Crippen LogP contribution < -0.4 is 5.32 Å². The zero-order chi connectivity index (χ0) is 13.9. The number of benzene rings is 1. The summed E-state index contributed by atoms with van der Waals surface area (Å²) in [6.07, 6.45) is 1.84. The van der Waals surface area contributed by atoms with Crippen LogP contribution in [-0.4, -0.2) is 21.9 Å². The molecular weight excluding hydrogens is 266 g/mol. The fraction of sp³-hybridized carbons (Fsp3) is 0.375. The third-order valence-electron chi connectivity index (χ3n) is 3.62. The molecule has 3 nitrogen and oxygen atoms in total. The van der Waals surface area contributed by atoms with E-state index in [1.165, 1.54) is 10.9 Å². The maximum Gasteiger partial charge on any atom is 0.157 e. The van der Waals surface area contributed by atoms with E-state index >= 15 is 0 Å². The molecule has 1 aliphatic rings. The fourth-order valence-corrected chi connectivity index (χ4v) is 3.51. The van der Waals surface area contributed by atoms with Crippen LogP contribution in [0.1, 0.15) is 19.4 Å². The minimum atomic E-state index is 0.546. The van der Waals surface area contributed by atoms with Crippen molar-refractivity contribution in [2.45, 2.75) is 26.4 Å². The van der Waals surface area contributed by atoms with Crippen LogP contribution in [0.5, 0.6) is 0 Å². The number of aromatic nitrogens is 1. The predicted octanol–water partition coefficient (Wildman–Crippen LogP) is 3.45. The van der Waals surface area contributed by atoms with Gasteiger partial charge < -0.3 is 5.32 Å². The quantitative estimate of drug-likeness (QED) is 0.938. The van der Waals surface area contributed by atoms with E-state index in [0.29, 0.717) is 18.5 Å². The van der Waals surface area contributed by atoms with Gasteiger partial charge in [0.15, 0.2) is 5.17 Å². The highest BCUT2D eigenvalue weighted by Gasteiger charge is 2.22. The summed E-state index contributed by atoms with van der Waals surface area (Å²) in [6.45, 7) is 5.18. The number of hydrogen-bond donors (Lipinski definition) is 1. The molecule has 4 heteroatoms. The predicted molar refractivity (Wildman–Crippen MR) is 87.1 cm³/mol. The van der Waals surface area contributed by atoms with Crippen LogP contribution in [0.15, 0.2) is 41.5 Å². The van der Waals surface area contributed by atoms with Gasteiger partial charge in [0.05, 0.1) is 12.1 Å². The van der Waals surface area contributed by atoms with Crippen molar-refractivity contribution in [3.8, 4) is 0 Å². The number of aliphatic imine (C=N–C) groups is 1. The van der Waals surface area contributed by atoms with Gasteiger partial charge in [0.2, 0.25) is 0 Å². The number of fused-ring (bicyclic) bond motifs is 1. The summed E-state index contributed by atoms with van der Waals surface area (Å²) in [5, 5.41) is 5.75. The van der Waals surface area contributed by atoms with Crippen molar-refractivity contribution in [1.29, 1.82) is 0 Å². The molecule has 0 spiro atoms. The third kappa shape index (κ3) is 2.80. The summed E-state index contributed by atoms with van der Waals surface area (Å²) >= 11 is 1.82. The minimum absolute atomic E-state index is 0.546. The molecule has 1 aromatic carbocycles. The van der Waals surface area contributed by atoms with Gasteiger partial charge >= 0.3 is 0 Å². The van der Waals surface area contributed by atoms with E-state index in [4.69, 9.17) is 4.99 Å². The van der Waals surface area contributed by atoms with Gasteiger partial charge in [-0.05, 0) is 17.5 Å². The SMILES string of the molecule is CC(C)[C@H]1CSC(=NCc2cccc3cccnc23)N1. The van der Waals surface area contributed by atoms with E-state index in [1.807, 2.05) is 24.0 Å². The van der Waals surface area contributed by atoms with Gasteiger partial charge in [-0.2, -0.15) is 0 Å². The highest BCUT2D eigenvalue weighted by Crippen LogP contribution is 2.21. The van der Waals surface area contributed by atoms with Crippen LogP contribution in [0, 0.1) is 5.92 Å². The number of rotatable bonds is 3. The Morgan fingerprint density at radius 2 is 2.20 bits per heavy atom. The summed E-state index contributed by atoms with van der Waals surface area (Å²) in [4.78, 5) is 9.18. The van der Waals surface area contributed by atoms with E-state index in [9.17, 15) is 0 Å². The van der Waals surface area contributed by atoms with E-state index in [1.54, 1.807) is 0 Å². The molecule has 2 aromatic rings. The number of thioether (sulfide) groups is 1. The molecule has 3 rings (SSSR count). The van der Waals surface area contributed by atoms with Crippen molar-refractivity contribution >= 4 is 27.8 Å². The molecule has 0 aliphatic carbocycles. The molecule has 1 aliphatic heterocycles. The van der Waals surface area contributed by atoms with Crippen molar-refractivity contribution in [3.63, 3.8) is 0 Å². The first-order valence-corrected chi connectivity index (χ1v) is 7.99. The van der Waals surface area contributed by atoms with Gasteiger partial charge in [-0.25, -0.2) is 0 Å².